The van der Waals surface area contributed by atoms with E-state index in [0.717, 1.165) is 37.4 Å². The number of piperidine rings is 1. The molecule has 3 heterocycles. The molecule has 0 aromatic carbocycles. The fourth-order valence-electron chi connectivity index (χ4n) is 2.55. The molecule has 2 aromatic rings. The molecule has 1 saturated heterocycles. The van der Waals surface area contributed by atoms with E-state index in [1.165, 1.54) is 0 Å². The molecule has 0 radical (unpaired) electrons. The molecule has 0 saturated carbocycles. The molecule has 2 atom stereocenters. The van der Waals surface area contributed by atoms with Crippen LogP contribution in [-0.4, -0.2) is 38.6 Å². The molecule has 0 spiro atoms. The van der Waals surface area contributed by atoms with Crippen molar-refractivity contribution < 1.29 is 5.11 Å². The predicted octanol–water partition coefficient (Wildman–Crippen LogP) is 1.54. The van der Waals surface area contributed by atoms with Crippen molar-refractivity contribution in [1.29, 1.82) is 0 Å². The van der Waals surface area contributed by atoms with Gasteiger partial charge in [-0.3, -0.25) is 4.90 Å². The third-order valence-electron chi connectivity index (χ3n) is 3.80. The van der Waals surface area contributed by atoms with Crippen molar-refractivity contribution in [2.75, 3.05) is 13.1 Å². The van der Waals surface area contributed by atoms with Gasteiger partial charge in [-0.25, -0.2) is 4.98 Å². The van der Waals surface area contributed by atoms with Crippen LogP contribution < -0.4 is 0 Å². The Bertz CT molecular complexity index is 504. The second-order valence-electron chi connectivity index (χ2n) is 5.27. The van der Waals surface area contributed by atoms with Gasteiger partial charge in [0.1, 0.15) is 5.65 Å². The summed E-state index contributed by atoms with van der Waals surface area (Å²) in [7, 11) is 0. The molecule has 4 heteroatoms. The van der Waals surface area contributed by atoms with Gasteiger partial charge in [-0.15, -0.1) is 0 Å². The number of hydrogen-bond acceptors (Lipinski definition) is 3. The van der Waals surface area contributed by atoms with Crippen molar-refractivity contribution in [3.63, 3.8) is 0 Å². The van der Waals surface area contributed by atoms with Crippen LogP contribution in [0.1, 0.15) is 19.0 Å². The number of aliphatic hydroxyl groups is 1. The number of β-amino-alcohol motifs (C(OH)–C–C–N with tert-alkyl or cyclic N) is 1. The summed E-state index contributed by atoms with van der Waals surface area (Å²) >= 11 is 0. The summed E-state index contributed by atoms with van der Waals surface area (Å²) in [5.74, 6) is 0.419. The van der Waals surface area contributed by atoms with Crippen LogP contribution in [0.5, 0.6) is 0 Å². The van der Waals surface area contributed by atoms with E-state index in [-0.39, 0.29) is 6.10 Å². The Balaban J connectivity index is 1.72. The number of aliphatic hydroxyl groups excluding tert-OH is 1. The first kappa shape index (κ1) is 11.7. The van der Waals surface area contributed by atoms with E-state index in [4.69, 9.17) is 0 Å². The summed E-state index contributed by atoms with van der Waals surface area (Å²) in [5, 5.41) is 9.90. The molecule has 1 aliphatic rings. The fourth-order valence-corrected chi connectivity index (χ4v) is 2.55. The zero-order valence-corrected chi connectivity index (χ0v) is 10.7. The Kier molecular flexibility index (Phi) is 3.06. The average Bonchev–Trinajstić information content (AvgIpc) is 2.76. The van der Waals surface area contributed by atoms with Crippen molar-refractivity contribution in [1.82, 2.24) is 14.3 Å². The lowest BCUT2D eigenvalue weighted by Crippen LogP contribution is -2.42. The predicted molar refractivity (Wildman–Crippen MR) is 70.3 cm³/mol. The van der Waals surface area contributed by atoms with Crippen molar-refractivity contribution in [2.45, 2.75) is 26.0 Å². The Morgan fingerprint density at radius 3 is 3.11 bits per heavy atom. The Labute approximate surface area is 107 Å². The molecule has 96 valence electrons. The molecule has 2 unspecified atom stereocenters. The largest absolute Gasteiger partial charge is 0.392 e. The molecule has 0 amide bonds. The van der Waals surface area contributed by atoms with E-state index in [0.29, 0.717) is 5.92 Å². The molecule has 0 bridgehead atoms. The second-order valence-corrected chi connectivity index (χ2v) is 5.27. The van der Waals surface area contributed by atoms with Crippen LogP contribution in [0.3, 0.4) is 0 Å². The summed E-state index contributed by atoms with van der Waals surface area (Å²) in [4.78, 5) is 6.87. The Hall–Kier alpha value is -1.39. The lowest BCUT2D eigenvalue weighted by Gasteiger charge is -2.33. The van der Waals surface area contributed by atoms with Crippen LogP contribution in [0.2, 0.25) is 0 Å². The summed E-state index contributed by atoms with van der Waals surface area (Å²) < 4.78 is 2.04. The number of rotatable bonds is 2. The fraction of sp³-hybridized carbons (Fsp3) is 0.500. The van der Waals surface area contributed by atoms with Gasteiger partial charge < -0.3 is 9.51 Å². The zero-order chi connectivity index (χ0) is 12.5. The number of pyridine rings is 1. The highest BCUT2D eigenvalue weighted by atomic mass is 16.3. The van der Waals surface area contributed by atoms with Crippen LogP contribution in [-0.2, 0) is 6.54 Å². The maximum atomic E-state index is 9.90. The molecule has 1 aliphatic heterocycles. The van der Waals surface area contributed by atoms with Gasteiger partial charge in [-0.1, -0.05) is 13.0 Å². The normalized spacial score (nSPS) is 25.7. The van der Waals surface area contributed by atoms with Crippen LogP contribution in [0.25, 0.3) is 5.65 Å². The minimum absolute atomic E-state index is 0.198. The number of fused-ring (bicyclic) bond motifs is 1. The van der Waals surface area contributed by atoms with Gasteiger partial charge in [0, 0.05) is 25.5 Å². The molecule has 18 heavy (non-hydrogen) atoms. The van der Waals surface area contributed by atoms with E-state index in [1.54, 1.807) is 0 Å². The Morgan fingerprint density at radius 1 is 1.44 bits per heavy atom. The highest BCUT2D eigenvalue weighted by Crippen LogP contribution is 2.18. The third kappa shape index (κ3) is 2.26. The number of aromatic nitrogens is 2. The quantitative estimate of drug-likeness (QED) is 0.872. The topological polar surface area (TPSA) is 40.8 Å². The average molecular weight is 245 g/mol. The summed E-state index contributed by atoms with van der Waals surface area (Å²) in [6, 6.07) is 6.01. The highest BCUT2D eigenvalue weighted by Gasteiger charge is 2.24. The van der Waals surface area contributed by atoms with Crippen molar-refractivity contribution in [2.24, 2.45) is 5.92 Å². The van der Waals surface area contributed by atoms with Crippen LogP contribution in [0.15, 0.2) is 30.6 Å². The summed E-state index contributed by atoms with van der Waals surface area (Å²) in [5.41, 5.74) is 2.06. The van der Waals surface area contributed by atoms with E-state index >= 15 is 0 Å². The van der Waals surface area contributed by atoms with Gasteiger partial charge in [0.05, 0.1) is 11.8 Å². The number of nitrogens with zero attached hydrogens (tertiary/aromatic N) is 3. The van der Waals surface area contributed by atoms with Crippen LogP contribution in [0.4, 0.5) is 0 Å². The SMILES string of the molecule is CC1CCN(Cc2cn3ccccc3n2)CC1O. The Morgan fingerprint density at radius 2 is 2.33 bits per heavy atom. The molecule has 2 aromatic heterocycles. The van der Waals surface area contributed by atoms with Crippen molar-refractivity contribution >= 4 is 5.65 Å². The standard InChI is InChI=1S/C14H19N3O/c1-11-5-7-16(10-13(11)18)8-12-9-17-6-3-2-4-14(17)15-12/h2-4,6,9,11,13,18H,5,7-8,10H2,1H3. The molecule has 4 nitrogen and oxygen atoms in total. The van der Waals surface area contributed by atoms with Crippen molar-refractivity contribution in [3.8, 4) is 0 Å². The first-order chi connectivity index (χ1) is 8.72. The van der Waals surface area contributed by atoms with Gasteiger partial charge >= 0.3 is 0 Å². The molecule has 1 fully saturated rings. The minimum Gasteiger partial charge on any atom is -0.392 e. The smallest absolute Gasteiger partial charge is 0.137 e. The maximum Gasteiger partial charge on any atom is 0.137 e. The van der Waals surface area contributed by atoms with Crippen LogP contribution >= 0.6 is 0 Å². The zero-order valence-electron chi connectivity index (χ0n) is 10.7. The number of hydrogen-bond donors (Lipinski definition) is 1. The number of imidazole rings is 1. The molecule has 1 N–H and O–H groups in total. The third-order valence-corrected chi connectivity index (χ3v) is 3.80. The van der Waals surface area contributed by atoms with Crippen molar-refractivity contribution in [3.05, 3.63) is 36.3 Å². The molecule has 0 aliphatic carbocycles. The lowest BCUT2D eigenvalue weighted by atomic mass is 9.96. The minimum atomic E-state index is -0.198. The first-order valence-electron chi connectivity index (χ1n) is 6.55. The molecule has 3 rings (SSSR count). The lowest BCUT2D eigenvalue weighted by molar-refractivity contribution is 0.0255. The monoisotopic (exact) mass is 245 g/mol. The van der Waals surface area contributed by atoms with E-state index < -0.39 is 0 Å². The van der Waals surface area contributed by atoms with Gasteiger partial charge in [0.15, 0.2) is 0 Å². The summed E-state index contributed by atoms with van der Waals surface area (Å²) in [6.45, 7) is 4.75. The number of likely N-dealkylation sites (tertiary alicyclic amines) is 1. The maximum absolute atomic E-state index is 9.90. The van der Waals surface area contributed by atoms with E-state index in [2.05, 4.69) is 23.0 Å². The molecular weight excluding hydrogens is 226 g/mol. The van der Waals surface area contributed by atoms with Gasteiger partial charge in [-0.05, 0) is 31.0 Å². The van der Waals surface area contributed by atoms with Gasteiger partial charge in [0.25, 0.3) is 0 Å². The first-order valence-corrected chi connectivity index (χ1v) is 6.55. The second kappa shape index (κ2) is 4.71. The highest BCUT2D eigenvalue weighted by molar-refractivity contribution is 5.39. The van der Waals surface area contributed by atoms with E-state index in [1.807, 2.05) is 28.8 Å². The van der Waals surface area contributed by atoms with Gasteiger partial charge in [-0.2, -0.15) is 0 Å². The van der Waals surface area contributed by atoms with Crippen LogP contribution in [0, 0.1) is 5.92 Å². The summed E-state index contributed by atoms with van der Waals surface area (Å²) in [6.07, 6.45) is 4.95. The van der Waals surface area contributed by atoms with Gasteiger partial charge in [0.2, 0.25) is 0 Å². The molecular formula is C14H19N3O. The van der Waals surface area contributed by atoms with E-state index in [9.17, 15) is 5.11 Å².